The highest BCUT2D eigenvalue weighted by Crippen LogP contribution is 2.33. The second-order valence-corrected chi connectivity index (χ2v) is 5.58. The van der Waals surface area contributed by atoms with Crippen LogP contribution in [0.25, 0.3) is 27.9 Å². The summed E-state index contributed by atoms with van der Waals surface area (Å²) in [5, 5.41) is 4.66. The smallest absolute Gasteiger partial charge is 0.132 e. The summed E-state index contributed by atoms with van der Waals surface area (Å²) < 4.78 is 16.0. The van der Waals surface area contributed by atoms with Crippen molar-refractivity contribution in [3.05, 3.63) is 78.0 Å². The van der Waals surface area contributed by atoms with Gasteiger partial charge in [0.05, 0.1) is 11.2 Å². The molecule has 0 amide bonds. The fourth-order valence-corrected chi connectivity index (χ4v) is 2.79. The summed E-state index contributed by atoms with van der Waals surface area (Å²) in [4.78, 5) is 4.37. The molecule has 112 valence electrons. The van der Waals surface area contributed by atoms with E-state index >= 15 is 0 Å². The summed E-state index contributed by atoms with van der Waals surface area (Å²) in [7, 11) is 0. The lowest BCUT2D eigenvalue weighted by molar-refractivity contribution is 0.631. The van der Waals surface area contributed by atoms with Gasteiger partial charge < -0.3 is 0 Å². The summed E-state index contributed by atoms with van der Waals surface area (Å²) in [6.07, 6.45) is 5.26. The highest BCUT2D eigenvalue weighted by molar-refractivity contribution is 6.30. The topological polar surface area (TPSA) is 30.2 Å². The van der Waals surface area contributed by atoms with Crippen molar-refractivity contribution < 1.29 is 4.39 Å². The number of fused-ring (bicyclic) bond motifs is 1. The minimum atomic E-state index is -0.347. The molecule has 4 rings (SSSR count). The first-order valence-electron chi connectivity index (χ1n) is 7.06. The van der Waals surface area contributed by atoms with Crippen LogP contribution >= 0.6 is 11.6 Å². The van der Waals surface area contributed by atoms with Crippen LogP contribution in [0.1, 0.15) is 0 Å². The van der Waals surface area contributed by atoms with Crippen LogP contribution < -0.4 is 0 Å². The molecule has 23 heavy (non-hydrogen) atoms. The van der Waals surface area contributed by atoms with Crippen LogP contribution in [-0.4, -0.2) is 14.6 Å². The van der Waals surface area contributed by atoms with Crippen molar-refractivity contribution in [1.29, 1.82) is 0 Å². The lowest BCUT2D eigenvalue weighted by Gasteiger charge is -2.10. The molecule has 0 saturated heterocycles. The molecule has 0 atom stereocenters. The molecule has 0 aliphatic rings. The normalized spacial score (nSPS) is 11.0. The Hall–Kier alpha value is -2.72. The minimum absolute atomic E-state index is 0.347. The molecule has 0 spiro atoms. The first-order valence-corrected chi connectivity index (χ1v) is 7.44. The van der Waals surface area contributed by atoms with Gasteiger partial charge in [-0.2, -0.15) is 5.10 Å². The predicted molar refractivity (Wildman–Crippen MR) is 88.8 cm³/mol. The van der Waals surface area contributed by atoms with Crippen LogP contribution in [-0.2, 0) is 0 Å². The molecule has 0 unspecified atom stereocenters. The van der Waals surface area contributed by atoms with E-state index in [4.69, 9.17) is 11.6 Å². The Kier molecular flexibility index (Phi) is 3.32. The standard InChI is InChI=1S/C18H11ClFN3/c19-13-3-4-17(20)16(11-13)18-15(2-1-7-21-18)12-6-9-23-14(10-12)5-8-22-23/h1-11H. The van der Waals surface area contributed by atoms with Gasteiger partial charge >= 0.3 is 0 Å². The third-order valence-corrected chi connectivity index (χ3v) is 3.94. The summed E-state index contributed by atoms with van der Waals surface area (Å²) in [5.41, 5.74) is 3.71. The molecule has 3 heterocycles. The van der Waals surface area contributed by atoms with Gasteiger partial charge in [-0.25, -0.2) is 8.91 Å². The van der Waals surface area contributed by atoms with Crippen LogP contribution in [0, 0.1) is 5.82 Å². The first kappa shape index (κ1) is 13.9. The molecule has 0 radical (unpaired) electrons. The molecule has 3 nitrogen and oxygen atoms in total. The van der Waals surface area contributed by atoms with Crippen molar-refractivity contribution in [2.45, 2.75) is 0 Å². The number of nitrogens with zero attached hydrogens (tertiary/aromatic N) is 3. The van der Waals surface area contributed by atoms with E-state index in [2.05, 4.69) is 10.1 Å². The average molecular weight is 324 g/mol. The molecule has 4 aromatic rings. The Morgan fingerprint density at radius 1 is 0.957 bits per heavy atom. The van der Waals surface area contributed by atoms with Crippen molar-refractivity contribution in [1.82, 2.24) is 14.6 Å². The van der Waals surface area contributed by atoms with Crippen molar-refractivity contribution in [3.8, 4) is 22.4 Å². The Labute approximate surface area is 137 Å². The molecule has 3 aromatic heterocycles. The van der Waals surface area contributed by atoms with Gasteiger partial charge in [0.25, 0.3) is 0 Å². The quantitative estimate of drug-likeness (QED) is 0.527. The largest absolute Gasteiger partial charge is 0.255 e. The fourth-order valence-electron chi connectivity index (χ4n) is 2.62. The van der Waals surface area contributed by atoms with Gasteiger partial charge in [-0.15, -0.1) is 0 Å². The Bertz CT molecular complexity index is 1010. The lowest BCUT2D eigenvalue weighted by atomic mass is 9.99. The molecule has 0 aliphatic carbocycles. The van der Waals surface area contributed by atoms with Crippen molar-refractivity contribution in [2.24, 2.45) is 0 Å². The van der Waals surface area contributed by atoms with Crippen LogP contribution in [0.2, 0.25) is 5.02 Å². The molecule has 1 aromatic carbocycles. The van der Waals surface area contributed by atoms with E-state index in [1.54, 1.807) is 23.0 Å². The maximum atomic E-state index is 14.2. The Morgan fingerprint density at radius 3 is 2.78 bits per heavy atom. The minimum Gasteiger partial charge on any atom is -0.255 e. The predicted octanol–water partition coefficient (Wildman–Crippen LogP) is 4.86. The third kappa shape index (κ3) is 2.47. The zero-order valence-corrected chi connectivity index (χ0v) is 12.7. The maximum Gasteiger partial charge on any atom is 0.132 e. The van der Waals surface area contributed by atoms with Crippen molar-refractivity contribution >= 4 is 17.1 Å². The van der Waals surface area contributed by atoms with Gasteiger partial charge in [-0.05, 0) is 48.0 Å². The van der Waals surface area contributed by atoms with E-state index in [0.29, 0.717) is 16.3 Å². The second-order valence-electron chi connectivity index (χ2n) is 5.14. The van der Waals surface area contributed by atoms with E-state index in [9.17, 15) is 4.39 Å². The Morgan fingerprint density at radius 2 is 1.87 bits per heavy atom. The molecular formula is C18H11ClFN3. The van der Waals surface area contributed by atoms with E-state index in [1.165, 1.54) is 12.1 Å². The van der Waals surface area contributed by atoms with Gasteiger partial charge in [0.1, 0.15) is 5.82 Å². The number of hydrogen-bond donors (Lipinski definition) is 0. The molecule has 0 fully saturated rings. The van der Waals surface area contributed by atoms with Gasteiger partial charge in [0, 0.05) is 34.7 Å². The zero-order valence-electron chi connectivity index (χ0n) is 11.9. The van der Waals surface area contributed by atoms with Gasteiger partial charge in [-0.1, -0.05) is 17.7 Å². The molecule has 0 bridgehead atoms. The van der Waals surface area contributed by atoms with Gasteiger partial charge in [-0.3, -0.25) is 4.98 Å². The van der Waals surface area contributed by atoms with E-state index < -0.39 is 0 Å². The Balaban J connectivity index is 1.94. The number of hydrogen-bond acceptors (Lipinski definition) is 2. The van der Waals surface area contributed by atoms with E-state index in [-0.39, 0.29) is 5.82 Å². The van der Waals surface area contributed by atoms with E-state index in [0.717, 1.165) is 16.6 Å². The van der Waals surface area contributed by atoms with Crippen LogP contribution in [0.5, 0.6) is 0 Å². The molecule has 5 heteroatoms. The summed E-state index contributed by atoms with van der Waals surface area (Å²) in [6.45, 7) is 0. The average Bonchev–Trinajstić information content (AvgIpc) is 3.05. The van der Waals surface area contributed by atoms with Crippen LogP contribution in [0.15, 0.2) is 67.1 Å². The number of rotatable bonds is 2. The highest BCUT2D eigenvalue weighted by Gasteiger charge is 2.13. The van der Waals surface area contributed by atoms with Crippen molar-refractivity contribution in [2.75, 3.05) is 0 Å². The highest BCUT2D eigenvalue weighted by atomic mass is 35.5. The van der Waals surface area contributed by atoms with Crippen LogP contribution in [0.4, 0.5) is 4.39 Å². The number of pyridine rings is 2. The summed E-state index contributed by atoms with van der Waals surface area (Å²) >= 11 is 6.02. The molecule has 0 saturated carbocycles. The van der Waals surface area contributed by atoms with Crippen LogP contribution in [0.3, 0.4) is 0 Å². The number of aromatic nitrogens is 3. The van der Waals surface area contributed by atoms with Crippen molar-refractivity contribution in [3.63, 3.8) is 0 Å². The van der Waals surface area contributed by atoms with E-state index in [1.807, 2.05) is 36.5 Å². The van der Waals surface area contributed by atoms with Gasteiger partial charge in [0.2, 0.25) is 0 Å². The maximum absolute atomic E-state index is 14.2. The SMILES string of the molecule is Fc1ccc(Cl)cc1-c1ncccc1-c1ccn2nccc2c1. The third-order valence-electron chi connectivity index (χ3n) is 3.70. The monoisotopic (exact) mass is 323 g/mol. The fraction of sp³-hybridized carbons (Fsp3) is 0. The summed E-state index contributed by atoms with van der Waals surface area (Å²) in [5.74, 6) is -0.347. The zero-order chi connectivity index (χ0) is 15.8. The lowest BCUT2D eigenvalue weighted by Crippen LogP contribution is -1.93. The molecular weight excluding hydrogens is 313 g/mol. The molecule has 0 N–H and O–H groups in total. The second kappa shape index (κ2) is 5.48. The summed E-state index contributed by atoms with van der Waals surface area (Å²) in [6, 6.07) is 14.1. The molecule has 0 aliphatic heterocycles. The van der Waals surface area contributed by atoms with Gasteiger partial charge in [0.15, 0.2) is 0 Å². The number of benzene rings is 1. The number of halogens is 2. The first-order chi connectivity index (χ1) is 11.2.